The van der Waals surface area contributed by atoms with Crippen LogP contribution in [0.2, 0.25) is 5.02 Å². The first kappa shape index (κ1) is 15.8. The zero-order chi connectivity index (χ0) is 17.4. The van der Waals surface area contributed by atoms with E-state index in [9.17, 15) is 9.59 Å². The number of carbonyl (C=O) groups is 2. The Morgan fingerprint density at radius 1 is 1.12 bits per heavy atom. The van der Waals surface area contributed by atoms with Crippen molar-refractivity contribution in [2.45, 2.75) is 18.9 Å². The predicted molar refractivity (Wildman–Crippen MR) is 93.2 cm³/mol. The first-order valence-electron chi connectivity index (χ1n) is 7.90. The van der Waals surface area contributed by atoms with Gasteiger partial charge in [0, 0.05) is 28.9 Å². The highest BCUT2D eigenvalue weighted by Gasteiger charge is 2.37. The molecule has 1 N–H and O–H groups in total. The lowest BCUT2D eigenvalue weighted by Crippen LogP contribution is -2.41. The number of anilines is 2. The second-order valence-corrected chi connectivity index (χ2v) is 6.29. The molecule has 0 aromatic heterocycles. The molecule has 2 amide bonds. The smallest absolute Gasteiger partial charge is 0.247 e. The van der Waals surface area contributed by atoms with Crippen LogP contribution in [0.1, 0.15) is 12.8 Å². The Balaban J connectivity index is 1.54. The largest absolute Gasteiger partial charge is 0.454 e. The van der Waals surface area contributed by atoms with Crippen molar-refractivity contribution in [1.82, 2.24) is 0 Å². The van der Waals surface area contributed by atoms with E-state index >= 15 is 0 Å². The monoisotopic (exact) mass is 358 g/mol. The van der Waals surface area contributed by atoms with Crippen LogP contribution in [0.5, 0.6) is 11.5 Å². The van der Waals surface area contributed by atoms with Gasteiger partial charge in [0.05, 0.1) is 0 Å². The topological polar surface area (TPSA) is 67.9 Å². The molecule has 0 saturated carbocycles. The Morgan fingerprint density at radius 3 is 2.68 bits per heavy atom. The SMILES string of the molecule is O=C(Nc1ccc2c(c1)OCO2)C1CCC(=O)N1c1ccc(Cl)cc1. The van der Waals surface area contributed by atoms with Crippen LogP contribution in [0.15, 0.2) is 42.5 Å². The summed E-state index contributed by atoms with van der Waals surface area (Å²) in [4.78, 5) is 26.5. The van der Waals surface area contributed by atoms with E-state index in [1.165, 1.54) is 4.90 Å². The van der Waals surface area contributed by atoms with E-state index in [4.69, 9.17) is 21.1 Å². The van der Waals surface area contributed by atoms with Gasteiger partial charge in [-0.05, 0) is 42.8 Å². The van der Waals surface area contributed by atoms with Crippen molar-refractivity contribution < 1.29 is 19.1 Å². The minimum absolute atomic E-state index is 0.0758. The average Bonchev–Trinajstić information content (AvgIpc) is 3.21. The quantitative estimate of drug-likeness (QED) is 0.914. The normalized spacial score (nSPS) is 18.5. The highest BCUT2D eigenvalue weighted by Crippen LogP contribution is 2.35. The van der Waals surface area contributed by atoms with E-state index in [0.717, 1.165) is 0 Å². The van der Waals surface area contributed by atoms with Crippen LogP contribution in [0.3, 0.4) is 0 Å². The van der Waals surface area contributed by atoms with Gasteiger partial charge in [0.1, 0.15) is 6.04 Å². The molecule has 4 rings (SSSR count). The zero-order valence-corrected chi connectivity index (χ0v) is 14.0. The van der Waals surface area contributed by atoms with Gasteiger partial charge >= 0.3 is 0 Å². The molecule has 0 aliphatic carbocycles. The molecule has 1 saturated heterocycles. The number of benzene rings is 2. The molecule has 2 aliphatic heterocycles. The number of amides is 2. The van der Waals surface area contributed by atoms with Crippen LogP contribution in [-0.4, -0.2) is 24.6 Å². The van der Waals surface area contributed by atoms with Crippen molar-refractivity contribution >= 4 is 34.8 Å². The summed E-state index contributed by atoms with van der Waals surface area (Å²) in [6.45, 7) is 0.175. The number of carbonyl (C=O) groups excluding carboxylic acids is 2. The van der Waals surface area contributed by atoms with Crippen LogP contribution in [0.4, 0.5) is 11.4 Å². The molecule has 2 aromatic carbocycles. The van der Waals surface area contributed by atoms with Crippen LogP contribution in [-0.2, 0) is 9.59 Å². The number of nitrogens with zero attached hydrogens (tertiary/aromatic N) is 1. The maximum Gasteiger partial charge on any atom is 0.247 e. The van der Waals surface area contributed by atoms with Crippen molar-refractivity contribution in [2.24, 2.45) is 0 Å². The third-order valence-corrected chi connectivity index (χ3v) is 4.51. The van der Waals surface area contributed by atoms with Crippen molar-refractivity contribution in [3.8, 4) is 11.5 Å². The molecule has 1 fully saturated rings. The van der Waals surface area contributed by atoms with Gasteiger partial charge in [-0.15, -0.1) is 0 Å². The number of hydrogen-bond acceptors (Lipinski definition) is 4. The first-order chi connectivity index (χ1) is 12.1. The number of halogens is 1. The predicted octanol–water partition coefficient (Wildman–Crippen LogP) is 3.20. The zero-order valence-electron chi connectivity index (χ0n) is 13.2. The van der Waals surface area contributed by atoms with Gasteiger partial charge in [-0.25, -0.2) is 0 Å². The Morgan fingerprint density at radius 2 is 1.88 bits per heavy atom. The number of hydrogen-bond donors (Lipinski definition) is 1. The van der Waals surface area contributed by atoms with Crippen LogP contribution in [0, 0.1) is 0 Å². The number of nitrogens with one attached hydrogen (secondary N) is 1. The summed E-state index contributed by atoms with van der Waals surface area (Å²) in [5.74, 6) is 0.930. The van der Waals surface area contributed by atoms with Crippen molar-refractivity contribution in [2.75, 3.05) is 17.0 Å². The lowest BCUT2D eigenvalue weighted by Gasteiger charge is -2.24. The van der Waals surface area contributed by atoms with Gasteiger partial charge in [0.15, 0.2) is 11.5 Å². The molecule has 0 spiro atoms. The summed E-state index contributed by atoms with van der Waals surface area (Å²) in [6, 6.07) is 11.5. The Kier molecular flexibility index (Phi) is 3.97. The minimum atomic E-state index is -0.556. The lowest BCUT2D eigenvalue weighted by molar-refractivity contribution is -0.120. The third kappa shape index (κ3) is 3.00. The van der Waals surface area contributed by atoms with Crippen LogP contribution in [0.25, 0.3) is 0 Å². The molecule has 6 nitrogen and oxygen atoms in total. The maximum atomic E-state index is 12.7. The van der Waals surface area contributed by atoms with E-state index < -0.39 is 6.04 Å². The van der Waals surface area contributed by atoms with Gasteiger partial charge in [-0.2, -0.15) is 0 Å². The maximum absolute atomic E-state index is 12.7. The van der Waals surface area contributed by atoms with Gasteiger partial charge in [-0.3, -0.25) is 14.5 Å². The molecule has 1 unspecified atom stereocenters. The van der Waals surface area contributed by atoms with E-state index in [1.807, 2.05) is 0 Å². The molecule has 25 heavy (non-hydrogen) atoms. The fourth-order valence-electron chi connectivity index (χ4n) is 3.06. The Labute approximate surface area is 149 Å². The molecular weight excluding hydrogens is 344 g/mol. The Hall–Kier alpha value is -2.73. The number of ether oxygens (including phenoxy) is 2. The number of rotatable bonds is 3. The second-order valence-electron chi connectivity index (χ2n) is 5.85. The van der Waals surface area contributed by atoms with Gasteiger partial charge in [0.25, 0.3) is 0 Å². The van der Waals surface area contributed by atoms with Crippen LogP contribution >= 0.6 is 11.6 Å². The summed E-state index contributed by atoms with van der Waals surface area (Å²) < 4.78 is 10.6. The third-order valence-electron chi connectivity index (χ3n) is 4.26. The molecule has 2 aromatic rings. The minimum Gasteiger partial charge on any atom is -0.454 e. The highest BCUT2D eigenvalue weighted by molar-refractivity contribution is 6.30. The van der Waals surface area contributed by atoms with E-state index in [0.29, 0.717) is 40.7 Å². The fourth-order valence-corrected chi connectivity index (χ4v) is 3.18. The standard InChI is InChI=1S/C18H15ClN2O4/c19-11-1-4-13(5-2-11)21-14(6-8-17(21)22)18(23)20-12-3-7-15-16(9-12)25-10-24-15/h1-5,7,9,14H,6,8,10H2,(H,20,23). The van der Waals surface area contributed by atoms with E-state index in [-0.39, 0.29) is 18.6 Å². The molecule has 1 atom stereocenters. The van der Waals surface area contributed by atoms with Crippen LogP contribution < -0.4 is 19.7 Å². The molecule has 2 aliphatic rings. The summed E-state index contributed by atoms with van der Waals surface area (Å²) in [5.41, 5.74) is 1.27. The van der Waals surface area contributed by atoms with Gasteiger partial charge < -0.3 is 14.8 Å². The molecule has 2 heterocycles. The fraction of sp³-hybridized carbons (Fsp3) is 0.222. The summed E-state index contributed by atoms with van der Waals surface area (Å²) in [6.07, 6.45) is 0.805. The van der Waals surface area contributed by atoms with Crippen molar-refractivity contribution in [3.63, 3.8) is 0 Å². The molecule has 0 radical (unpaired) electrons. The average molecular weight is 359 g/mol. The van der Waals surface area contributed by atoms with Gasteiger partial charge in [-0.1, -0.05) is 11.6 Å². The summed E-state index contributed by atoms with van der Waals surface area (Å²) >= 11 is 5.90. The van der Waals surface area contributed by atoms with Gasteiger partial charge in [0.2, 0.25) is 18.6 Å². The van der Waals surface area contributed by atoms with E-state index in [2.05, 4.69) is 5.32 Å². The first-order valence-corrected chi connectivity index (χ1v) is 8.28. The molecule has 7 heteroatoms. The molecule has 0 bridgehead atoms. The molecular formula is C18H15ClN2O4. The summed E-state index contributed by atoms with van der Waals surface area (Å²) in [7, 11) is 0. The Bertz CT molecular complexity index is 837. The highest BCUT2D eigenvalue weighted by atomic mass is 35.5. The lowest BCUT2D eigenvalue weighted by atomic mass is 10.1. The van der Waals surface area contributed by atoms with Crippen molar-refractivity contribution in [1.29, 1.82) is 0 Å². The second kappa shape index (κ2) is 6.29. The van der Waals surface area contributed by atoms with E-state index in [1.54, 1.807) is 42.5 Å². The number of fused-ring (bicyclic) bond motifs is 1. The summed E-state index contributed by atoms with van der Waals surface area (Å²) in [5, 5.41) is 3.43. The molecule has 128 valence electrons. The van der Waals surface area contributed by atoms with Crippen molar-refractivity contribution in [3.05, 3.63) is 47.5 Å².